The Balaban J connectivity index is 1.71. The van der Waals surface area contributed by atoms with Crippen molar-refractivity contribution in [1.29, 1.82) is 0 Å². The maximum absolute atomic E-state index is 12.5. The van der Waals surface area contributed by atoms with Crippen LogP contribution in [-0.2, 0) is 0 Å². The van der Waals surface area contributed by atoms with Crippen molar-refractivity contribution in [3.05, 3.63) is 53.9 Å². The number of rotatable bonds is 4. The first-order valence-electron chi connectivity index (χ1n) is 8.47. The highest BCUT2D eigenvalue weighted by atomic mass is 16.1. The number of hydrogen-bond donors (Lipinski definition) is 1. The first kappa shape index (κ1) is 16.5. The average molecular weight is 324 g/mol. The molecule has 0 spiro atoms. The van der Waals surface area contributed by atoms with Crippen LogP contribution in [-0.4, -0.2) is 48.5 Å². The Morgan fingerprint density at radius 1 is 1.17 bits per heavy atom. The van der Waals surface area contributed by atoms with Crippen LogP contribution >= 0.6 is 0 Å². The predicted octanol–water partition coefficient (Wildman–Crippen LogP) is 2.78. The molecule has 0 bridgehead atoms. The van der Waals surface area contributed by atoms with Crippen molar-refractivity contribution < 1.29 is 4.79 Å². The van der Waals surface area contributed by atoms with Gasteiger partial charge in [-0.25, -0.2) is 0 Å². The zero-order chi connectivity index (χ0) is 16.9. The van der Waals surface area contributed by atoms with Crippen LogP contribution < -0.4 is 10.2 Å². The lowest BCUT2D eigenvalue weighted by Gasteiger charge is -2.35. The number of likely N-dealkylation sites (N-methyl/N-ethyl adjacent to an activating group) is 1. The highest BCUT2D eigenvalue weighted by Crippen LogP contribution is 2.19. The number of amides is 1. The molecule has 1 saturated heterocycles. The van der Waals surface area contributed by atoms with Gasteiger partial charge in [-0.1, -0.05) is 25.1 Å². The summed E-state index contributed by atoms with van der Waals surface area (Å²) < 4.78 is 0. The number of piperazine rings is 1. The van der Waals surface area contributed by atoms with Crippen molar-refractivity contribution in [3.8, 4) is 0 Å². The van der Waals surface area contributed by atoms with Gasteiger partial charge in [-0.05, 0) is 37.2 Å². The molecule has 2 heterocycles. The van der Waals surface area contributed by atoms with Crippen molar-refractivity contribution in [3.63, 3.8) is 0 Å². The summed E-state index contributed by atoms with van der Waals surface area (Å²) >= 11 is 0. The quantitative estimate of drug-likeness (QED) is 0.939. The third kappa shape index (κ3) is 3.74. The molecule has 0 atom stereocenters. The Bertz CT molecular complexity index is 708. The van der Waals surface area contributed by atoms with E-state index in [0.29, 0.717) is 5.69 Å². The number of nitrogens with one attached hydrogen (secondary N) is 1. The minimum atomic E-state index is -0.168. The number of carbonyl (C=O) groups is 1. The minimum absolute atomic E-state index is 0.168. The van der Waals surface area contributed by atoms with E-state index in [1.54, 1.807) is 6.20 Å². The van der Waals surface area contributed by atoms with Gasteiger partial charge in [0, 0.05) is 43.8 Å². The van der Waals surface area contributed by atoms with Crippen molar-refractivity contribution in [2.45, 2.75) is 13.8 Å². The normalized spacial score (nSPS) is 15.3. The molecular formula is C19H24N4O. The molecule has 2 aromatic rings. The smallest absolute Gasteiger partial charge is 0.274 e. The predicted molar refractivity (Wildman–Crippen MR) is 97.7 cm³/mol. The number of aromatic nitrogens is 1. The van der Waals surface area contributed by atoms with E-state index in [1.807, 2.05) is 43.3 Å². The third-order valence-electron chi connectivity index (χ3n) is 4.55. The summed E-state index contributed by atoms with van der Waals surface area (Å²) in [5.41, 5.74) is 3.38. The SMILES string of the molecule is CCN1CCN(c2ccnc(C(=O)Nc3ccccc3C)c2)CC1. The summed E-state index contributed by atoms with van der Waals surface area (Å²) in [6.45, 7) is 9.34. The maximum Gasteiger partial charge on any atom is 0.274 e. The molecule has 1 aromatic carbocycles. The molecule has 5 nitrogen and oxygen atoms in total. The van der Waals surface area contributed by atoms with E-state index in [2.05, 4.69) is 27.0 Å². The summed E-state index contributed by atoms with van der Waals surface area (Å²) in [6.07, 6.45) is 1.72. The highest BCUT2D eigenvalue weighted by Gasteiger charge is 2.17. The van der Waals surface area contributed by atoms with Crippen LogP contribution in [0.5, 0.6) is 0 Å². The molecule has 0 radical (unpaired) electrons. The van der Waals surface area contributed by atoms with Crippen LogP contribution in [0.3, 0.4) is 0 Å². The van der Waals surface area contributed by atoms with Gasteiger partial charge < -0.3 is 15.1 Å². The number of para-hydroxylation sites is 1. The molecule has 1 aromatic heterocycles. The molecule has 126 valence electrons. The number of carbonyl (C=O) groups excluding carboxylic acids is 1. The van der Waals surface area contributed by atoms with Gasteiger partial charge in [-0.2, -0.15) is 0 Å². The number of pyridine rings is 1. The van der Waals surface area contributed by atoms with E-state index in [-0.39, 0.29) is 5.91 Å². The zero-order valence-electron chi connectivity index (χ0n) is 14.3. The van der Waals surface area contributed by atoms with Gasteiger partial charge in [-0.15, -0.1) is 0 Å². The van der Waals surface area contributed by atoms with Crippen LogP contribution in [0.15, 0.2) is 42.6 Å². The van der Waals surface area contributed by atoms with Crippen LogP contribution in [0.4, 0.5) is 11.4 Å². The Morgan fingerprint density at radius 3 is 2.62 bits per heavy atom. The van der Waals surface area contributed by atoms with E-state index in [0.717, 1.165) is 49.7 Å². The molecular weight excluding hydrogens is 300 g/mol. The van der Waals surface area contributed by atoms with E-state index < -0.39 is 0 Å². The fourth-order valence-corrected chi connectivity index (χ4v) is 2.96. The standard InChI is InChI=1S/C19H24N4O/c1-3-22-10-12-23(13-11-22)16-8-9-20-18(14-16)19(24)21-17-7-5-4-6-15(17)2/h4-9,14H,3,10-13H2,1-2H3,(H,21,24). The summed E-state index contributed by atoms with van der Waals surface area (Å²) in [6, 6.07) is 11.6. The Morgan fingerprint density at radius 2 is 1.92 bits per heavy atom. The minimum Gasteiger partial charge on any atom is -0.369 e. The molecule has 1 amide bonds. The second-order valence-electron chi connectivity index (χ2n) is 6.09. The monoisotopic (exact) mass is 324 g/mol. The first-order valence-corrected chi connectivity index (χ1v) is 8.47. The van der Waals surface area contributed by atoms with E-state index in [1.165, 1.54) is 0 Å². The zero-order valence-corrected chi connectivity index (χ0v) is 14.3. The molecule has 1 fully saturated rings. The molecule has 3 rings (SSSR count). The molecule has 0 unspecified atom stereocenters. The highest BCUT2D eigenvalue weighted by molar-refractivity contribution is 6.03. The number of benzene rings is 1. The van der Waals surface area contributed by atoms with Crippen LogP contribution in [0, 0.1) is 6.92 Å². The van der Waals surface area contributed by atoms with Crippen molar-refractivity contribution >= 4 is 17.3 Å². The molecule has 5 heteroatoms. The molecule has 0 saturated carbocycles. The molecule has 1 N–H and O–H groups in total. The van der Waals surface area contributed by atoms with E-state index in [9.17, 15) is 4.79 Å². The summed E-state index contributed by atoms with van der Waals surface area (Å²) in [4.78, 5) is 21.5. The fourth-order valence-electron chi connectivity index (χ4n) is 2.96. The molecule has 24 heavy (non-hydrogen) atoms. The Labute approximate surface area is 143 Å². The fraction of sp³-hybridized carbons (Fsp3) is 0.368. The van der Waals surface area contributed by atoms with Gasteiger partial charge in [0.05, 0.1) is 0 Å². The largest absolute Gasteiger partial charge is 0.369 e. The van der Waals surface area contributed by atoms with Crippen molar-refractivity contribution in [2.75, 3.05) is 42.9 Å². The van der Waals surface area contributed by atoms with Gasteiger partial charge in [0.25, 0.3) is 5.91 Å². The lowest BCUT2D eigenvalue weighted by Crippen LogP contribution is -2.46. The lowest BCUT2D eigenvalue weighted by molar-refractivity contribution is 0.102. The maximum atomic E-state index is 12.5. The van der Waals surface area contributed by atoms with Gasteiger partial charge in [0.1, 0.15) is 5.69 Å². The Hall–Kier alpha value is -2.40. The number of anilines is 2. The van der Waals surface area contributed by atoms with Crippen LogP contribution in [0.1, 0.15) is 23.0 Å². The molecule has 1 aliphatic heterocycles. The van der Waals surface area contributed by atoms with Gasteiger partial charge in [0.2, 0.25) is 0 Å². The number of nitrogens with zero attached hydrogens (tertiary/aromatic N) is 3. The van der Waals surface area contributed by atoms with Crippen LogP contribution in [0.25, 0.3) is 0 Å². The van der Waals surface area contributed by atoms with E-state index >= 15 is 0 Å². The average Bonchev–Trinajstić information content (AvgIpc) is 2.64. The third-order valence-corrected chi connectivity index (χ3v) is 4.55. The second-order valence-corrected chi connectivity index (χ2v) is 6.09. The van der Waals surface area contributed by atoms with Gasteiger partial charge >= 0.3 is 0 Å². The summed E-state index contributed by atoms with van der Waals surface area (Å²) in [5.74, 6) is -0.168. The Kier molecular flexibility index (Phi) is 5.11. The molecule has 0 aliphatic carbocycles. The lowest BCUT2D eigenvalue weighted by atomic mass is 10.2. The number of hydrogen-bond acceptors (Lipinski definition) is 4. The topological polar surface area (TPSA) is 48.5 Å². The van der Waals surface area contributed by atoms with Gasteiger partial charge in [-0.3, -0.25) is 9.78 Å². The molecule has 1 aliphatic rings. The summed E-state index contributed by atoms with van der Waals surface area (Å²) in [5, 5.41) is 2.94. The first-order chi connectivity index (χ1) is 11.7. The van der Waals surface area contributed by atoms with Crippen molar-refractivity contribution in [2.24, 2.45) is 0 Å². The van der Waals surface area contributed by atoms with Crippen molar-refractivity contribution in [1.82, 2.24) is 9.88 Å². The van der Waals surface area contributed by atoms with Gasteiger partial charge in [0.15, 0.2) is 0 Å². The second kappa shape index (κ2) is 7.45. The summed E-state index contributed by atoms with van der Waals surface area (Å²) in [7, 11) is 0. The number of aryl methyl sites for hydroxylation is 1. The van der Waals surface area contributed by atoms with E-state index in [4.69, 9.17) is 0 Å². The van der Waals surface area contributed by atoms with Crippen LogP contribution in [0.2, 0.25) is 0 Å².